The molecule has 3 aromatic rings. The van der Waals surface area contributed by atoms with Crippen LogP contribution >= 0.6 is 7.29 Å². The van der Waals surface area contributed by atoms with Gasteiger partial charge in [0.15, 0.2) is 5.82 Å². The summed E-state index contributed by atoms with van der Waals surface area (Å²) in [5.74, 6) is 0.507. The van der Waals surface area contributed by atoms with Crippen LogP contribution in [0.3, 0.4) is 0 Å². The van der Waals surface area contributed by atoms with E-state index in [0.717, 1.165) is 5.56 Å². The highest BCUT2D eigenvalue weighted by molar-refractivity contribution is 7.76. The van der Waals surface area contributed by atoms with Crippen molar-refractivity contribution in [2.24, 2.45) is 10.3 Å². The van der Waals surface area contributed by atoms with Gasteiger partial charge in [0.05, 0.1) is 0 Å². The number of nitrogens with zero attached hydrogens (tertiary/aromatic N) is 3. The van der Waals surface area contributed by atoms with E-state index in [4.69, 9.17) is 0 Å². The minimum absolute atomic E-state index is 0.507. The molecule has 26 heavy (non-hydrogen) atoms. The molecule has 1 aliphatic heterocycles. The molecular formula is C20H17N4OP. The van der Waals surface area contributed by atoms with Gasteiger partial charge < -0.3 is 0 Å². The third kappa shape index (κ3) is 2.93. The van der Waals surface area contributed by atoms with Crippen LogP contribution < -0.4 is 16.1 Å². The van der Waals surface area contributed by atoms with Crippen molar-refractivity contribution in [1.82, 2.24) is 10.3 Å². The largest absolute Gasteiger partial charge is 0.288 e. The Bertz CT molecular complexity index is 945. The second kappa shape index (κ2) is 6.98. The third-order valence-electron chi connectivity index (χ3n) is 4.10. The summed E-state index contributed by atoms with van der Waals surface area (Å²) in [6.45, 7) is 0. The molecule has 0 radical (unpaired) electrons. The summed E-state index contributed by atoms with van der Waals surface area (Å²) in [6, 6.07) is 28.6. The Morgan fingerprint density at radius 1 is 0.769 bits per heavy atom. The molecule has 128 valence electrons. The van der Waals surface area contributed by atoms with E-state index in [1.165, 1.54) is 0 Å². The highest BCUT2D eigenvalue weighted by atomic mass is 31.2. The highest BCUT2D eigenvalue weighted by Gasteiger charge is 2.38. The van der Waals surface area contributed by atoms with Crippen molar-refractivity contribution < 1.29 is 4.57 Å². The van der Waals surface area contributed by atoms with Gasteiger partial charge in [-0.2, -0.15) is 10.3 Å². The summed E-state index contributed by atoms with van der Waals surface area (Å²) in [4.78, 5) is 0. The highest BCUT2D eigenvalue weighted by Crippen LogP contribution is 2.50. The van der Waals surface area contributed by atoms with Crippen LogP contribution in [0.15, 0.2) is 107 Å². The molecule has 0 spiro atoms. The van der Waals surface area contributed by atoms with Crippen LogP contribution in [0.25, 0.3) is 6.08 Å². The summed E-state index contributed by atoms with van der Waals surface area (Å²) in [7, 11) is -3.20. The first-order chi connectivity index (χ1) is 12.8. The molecular weight excluding hydrogens is 343 g/mol. The molecule has 0 aromatic heterocycles. The zero-order valence-electron chi connectivity index (χ0n) is 13.9. The molecule has 1 heterocycles. The van der Waals surface area contributed by atoms with E-state index in [2.05, 4.69) is 15.9 Å². The van der Waals surface area contributed by atoms with Gasteiger partial charge in [0.25, 0.3) is 0 Å². The van der Waals surface area contributed by atoms with Gasteiger partial charge in [-0.1, -0.05) is 72.0 Å². The fourth-order valence-electron chi connectivity index (χ4n) is 2.85. The molecule has 4 rings (SSSR count). The molecule has 0 aliphatic carbocycles. The average Bonchev–Trinajstić information content (AvgIpc) is 3.18. The Morgan fingerprint density at radius 2 is 1.27 bits per heavy atom. The Hall–Kier alpha value is -3.17. The summed E-state index contributed by atoms with van der Waals surface area (Å²) >= 11 is 0. The van der Waals surface area contributed by atoms with E-state index in [1.807, 2.05) is 97.1 Å². The molecule has 0 fully saturated rings. The van der Waals surface area contributed by atoms with Crippen LogP contribution in [0.5, 0.6) is 0 Å². The lowest BCUT2D eigenvalue weighted by molar-refractivity contribution is 0.433. The molecule has 0 amide bonds. The van der Waals surface area contributed by atoms with Gasteiger partial charge in [-0.15, -0.1) is 5.11 Å². The van der Waals surface area contributed by atoms with E-state index in [1.54, 1.807) is 4.78 Å². The van der Waals surface area contributed by atoms with Crippen molar-refractivity contribution in [3.8, 4) is 0 Å². The monoisotopic (exact) mass is 360 g/mol. The van der Waals surface area contributed by atoms with E-state index in [9.17, 15) is 4.57 Å². The van der Waals surface area contributed by atoms with Crippen LogP contribution in [0, 0.1) is 0 Å². The normalized spacial score (nSPS) is 15.2. The minimum Gasteiger partial charge on any atom is -0.288 e. The molecule has 0 unspecified atom stereocenters. The van der Waals surface area contributed by atoms with Crippen LogP contribution in [0.1, 0.15) is 5.56 Å². The van der Waals surface area contributed by atoms with Crippen molar-refractivity contribution >= 4 is 24.0 Å². The second-order valence-electron chi connectivity index (χ2n) is 5.77. The Labute approximate surface area is 152 Å². The zero-order valence-corrected chi connectivity index (χ0v) is 14.8. The van der Waals surface area contributed by atoms with E-state index in [0.29, 0.717) is 16.4 Å². The van der Waals surface area contributed by atoms with Crippen molar-refractivity contribution in [3.63, 3.8) is 0 Å². The first-order valence-corrected chi connectivity index (χ1v) is 9.89. The predicted octanol–water partition coefficient (Wildman–Crippen LogP) is 4.10. The van der Waals surface area contributed by atoms with Gasteiger partial charge in [0.1, 0.15) is 0 Å². The molecule has 1 N–H and O–H groups in total. The second-order valence-corrected chi connectivity index (χ2v) is 8.36. The van der Waals surface area contributed by atoms with Gasteiger partial charge in [-0.3, -0.25) is 4.57 Å². The first kappa shape index (κ1) is 16.3. The Morgan fingerprint density at radius 3 is 1.81 bits per heavy atom. The average molecular weight is 360 g/mol. The number of nitrogens with one attached hydrogen (secondary N) is 1. The van der Waals surface area contributed by atoms with Gasteiger partial charge in [0, 0.05) is 10.6 Å². The smallest absolute Gasteiger partial charge is 0.250 e. The van der Waals surface area contributed by atoms with Gasteiger partial charge in [-0.05, 0) is 35.9 Å². The number of benzene rings is 3. The zero-order chi connectivity index (χ0) is 17.8. The maximum atomic E-state index is 14.3. The minimum atomic E-state index is -3.20. The molecule has 0 atom stereocenters. The van der Waals surface area contributed by atoms with Gasteiger partial charge in [-0.25, -0.2) is 0 Å². The number of rotatable bonds is 4. The summed E-state index contributed by atoms with van der Waals surface area (Å²) in [5.41, 5.74) is 3.79. The standard InChI is InChI=1S/C20H17N4OP/c25-26(18-12-6-2-7-13-18,19-14-8-3-9-15-19)24-20(21-22-23-24)16-17-10-4-1-5-11-17/h1-16H,(H,21,23). The van der Waals surface area contributed by atoms with Crippen molar-refractivity contribution in [3.05, 3.63) is 102 Å². The van der Waals surface area contributed by atoms with Gasteiger partial charge >= 0.3 is 0 Å². The van der Waals surface area contributed by atoms with Crippen molar-refractivity contribution in [2.75, 3.05) is 0 Å². The molecule has 0 saturated heterocycles. The fourth-order valence-corrected chi connectivity index (χ4v) is 5.31. The first-order valence-electron chi connectivity index (χ1n) is 8.23. The molecule has 5 nitrogen and oxygen atoms in total. The predicted molar refractivity (Wildman–Crippen MR) is 104 cm³/mol. The van der Waals surface area contributed by atoms with Crippen LogP contribution in [0.2, 0.25) is 0 Å². The summed E-state index contributed by atoms with van der Waals surface area (Å²) in [5, 5.41) is 9.50. The molecule has 6 heteroatoms. The van der Waals surface area contributed by atoms with Crippen LogP contribution in [-0.4, -0.2) is 4.78 Å². The fraction of sp³-hybridized carbons (Fsp3) is 0. The summed E-state index contributed by atoms with van der Waals surface area (Å²) < 4.78 is 15.9. The maximum Gasteiger partial charge on any atom is 0.250 e. The van der Waals surface area contributed by atoms with Crippen molar-refractivity contribution in [2.45, 2.75) is 0 Å². The Kier molecular flexibility index (Phi) is 4.38. The Balaban J connectivity index is 1.85. The van der Waals surface area contributed by atoms with E-state index >= 15 is 0 Å². The lowest BCUT2D eigenvalue weighted by Gasteiger charge is -2.28. The topological polar surface area (TPSA) is 57.1 Å². The SMILES string of the molecule is O=P(c1ccccc1)(c1ccccc1)N1NN=NC1=Cc1ccccc1. The number of hydrogen-bond acceptors (Lipinski definition) is 4. The van der Waals surface area contributed by atoms with Crippen molar-refractivity contribution in [1.29, 1.82) is 0 Å². The molecule has 1 aliphatic rings. The molecule has 0 saturated carbocycles. The summed E-state index contributed by atoms with van der Waals surface area (Å²) in [6.07, 6.45) is 1.86. The van der Waals surface area contributed by atoms with Crippen LogP contribution in [-0.2, 0) is 4.57 Å². The van der Waals surface area contributed by atoms with E-state index < -0.39 is 7.29 Å². The van der Waals surface area contributed by atoms with E-state index in [-0.39, 0.29) is 0 Å². The lowest BCUT2D eigenvalue weighted by atomic mass is 10.2. The maximum absolute atomic E-state index is 14.3. The quantitative estimate of drug-likeness (QED) is 0.713. The van der Waals surface area contributed by atoms with Crippen LogP contribution in [0.4, 0.5) is 0 Å². The molecule has 0 bridgehead atoms. The van der Waals surface area contributed by atoms with Gasteiger partial charge in [0.2, 0.25) is 7.29 Å². The molecule has 3 aromatic carbocycles. The lowest BCUT2D eigenvalue weighted by Crippen LogP contribution is -2.35. The number of hydrogen-bond donors (Lipinski definition) is 1. The number of hydrazine groups is 1. The third-order valence-corrected chi connectivity index (χ3v) is 6.95.